The fourth-order valence-corrected chi connectivity index (χ4v) is 5.00. The maximum atomic E-state index is 13.0. The smallest absolute Gasteiger partial charge is 0.414 e. The number of benzene rings is 3. The van der Waals surface area contributed by atoms with Gasteiger partial charge in [0.15, 0.2) is 0 Å². The molecular weight excluding hydrogens is 552 g/mol. The third-order valence-corrected chi connectivity index (χ3v) is 7.30. The number of hydrogen-bond acceptors (Lipinski definition) is 8. The summed E-state index contributed by atoms with van der Waals surface area (Å²) < 4.78 is 10.7. The molecule has 0 spiro atoms. The molecule has 3 aromatic carbocycles. The molecule has 43 heavy (non-hydrogen) atoms. The van der Waals surface area contributed by atoms with Crippen molar-refractivity contribution < 1.29 is 33.9 Å². The number of nitrogens with zero attached hydrogens (tertiary/aromatic N) is 3. The van der Waals surface area contributed by atoms with Crippen LogP contribution in [0.5, 0.6) is 5.75 Å². The number of aromatic nitrogens is 2. The number of methoxy groups -OCH3 is 1. The maximum Gasteiger partial charge on any atom is 0.414 e. The topological polar surface area (TPSA) is 155 Å². The Balaban J connectivity index is 0.000000641. The molecule has 4 aromatic rings. The number of carbonyl (C=O) groups excluding carboxylic acids is 1. The summed E-state index contributed by atoms with van der Waals surface area (Å²) in [5.74, 6) is -1.35. The van der Waals surface area contributed by atoms with Crippen LogP contribution < -0.4 is 10.1 Å². The Hall–Kier alpha value is -5.03. The molecule has 0 bridgehead atoms. The second kappa shape index (κ2) is 13.8. The van der Waals surface area contributed by atoms with Gasteiger partial charge in [-0.3, -0.25) is 4.79 Å². The highest BCUT2D eigenvalue weighted by molar-refractivity contribution is 6.27. The van der Waals surface area contributed by atoms with Crippen molar-refractivity contribution in [2.75, 3.05) is 32.6 Å². The molecule has 0 saturated carbocycles. The lowest BCUT2D eigenvalue weighted by Gasteiger charge is -2.30. The minimum Gasteiger partial charge on any atom is -0.496 e. The van der Waals surface area contributed by atoms with Crippen LogP contribution in [0.25, 0.3) is 22.5 Å². The second-order valence-corrected chi connectivity index (χ2v) is 10.3. The summed E-state index contributed by atoms with van der Waals surface area (Å²) in [7, 11) is 3.86. The van der Waals surface area contributed by atoms with E-state index in [1.165, 1.54) is 5.56 Å². The third kappa shape index (κ3) is 7.83. The molecule has 1 saturated heterocycles. The van der Waals surface area contributed by atoms with E-state index in [-0.39, 0.29) is 5.91 Å². The van der Waals surface area contributed by atoms with Crippen LogP contribution in [0, 0.1) is 13.8 Å². The standard InChI is InChI=1S/C30H32N4O3.C2H2O4/c1-19-17-24(29-31-20(2)37-33-29)9-11-26(19)21-5-7-23(8-6-21)30(35)32-25-10-12-28(36-4)27(18-25)22-13-15-34(3)16-14-22;3-1(4)2(5)6/h5-12,17-18,22H,13-16H2,1-4H3,(H,32,35);(H,3,4)(H,5,6). The fourth-order valence-electron chi connectivity index (χ4n) is 5.00. The van der Waals surface area contributed by atoms with Gasteiger partial charge in [0.05, 0.1) is 7.11 Å². The van der Waals surface area contributed by atoms with Crippen molar-refractivity contribution in [2.24, 2.45) is 0 Å². The summed E-state index contributed by atoms with van der Waals surface area (Å²) >= 11 is 0. The van der Waals surface area contributed by atoms with E-state index in [9.17, 15) is 4.79 Å². The number of anilines is 1. The Morgan fingerprint density at radius 2 is 1.58 bits per heavy atom. The largest absolute Gasteiger partial charge is 0.496 e. The first kappa shape index (κ1) is 30.9. The number of carboxylic acid groups (broad SMARTS) is 2. The van der Waals surface area contributed by atoms with Crippen LogP contribution in [0.1, 0.15) is 46.1 Å². The van der Waals surface area contributed by atoms with Gasteiger partial charge in [-0.1, -0.05) is 29.4 Å². The fraction of sp³-hybridized carbons (Fsp3) is 0.281. The van der Waals surface area contributed by atoms with Gasteiger partial charge in [0.2, 0.25) is 11.7 Å². The zero-order valence-corrected chi connectivity index (χ0v) is 24.5. The summed E-state index contributed by atoms with van der Waals surface area (Å²) in [6.45, 7) is 5.96. The van der Waals surface area contributed by atoms with Gasteiger partial charge < -0.3 is 29.7 Å². The highest BCUT2D eigenvalue weighted by Gasteiger charge is 2.22. The van der Waals surface area contributed by atoms with Gasteiger partial charge in [-0.05, 0) is 104 Å². The number of likely N-dealkylation sites (tertiary alicyclic amines) is 1. The van der Waals surface area contributed by atoms with Gasteiger partial charge in [-0.15, -0.1) is 0 Å². The number of aryl methyl sites for hydroxylation is 2. The lowest BCUT2D eigenvalue weighted by atomic mass is 9.88. The van der Waals surface area contributed by atoms with E-state index in [1.807, 2.05) is 54.6 Å². The van der Waals surface area contributed by atoms with Gasteiger partial charge in [0.25, 0.3) is 5.91 Å². The Morgan fingerprint density at radius 1 is 0.930 bits per heavy atom. The number of aliphatic carboxylic acids is 2. The zero-order chi connectivity index (χ0) is 31.1. The molecule has 1 amide bonds. The van der Waals surface area contributed by atoms with E-state index in [0.717, 1.165) is 59.6 Å². The average molecular weight is 587 g/mol. The number of amides is 1. The van der Waals surface area contributed by atoms with Gasteiger partial charge in [-0.2, -0.15) is 4.98 Å². The molecule has 0 aliphatic carbocycles. The molecule has 0 radical (unpaired) electrons. The molecule has 1 fully saturated rings. The van der Waals surface area contributed by atoms with Crippen molar-refractivity contribution in [1.29, 1.82) is 0 Å². The zero-order valence-electron chi connectivity index (χ0n) is 24.5. The van der Waals surface area contributed by atoms with Crippen molar-refractivity contribution in [1.82, 2.24) is 15.0 Å². The lowest BCUT2D eigenvalue weighted by molar-refractivity contribution is -0.159. The van der Waals surface area contributed by atoms with Crippen molar-refractivity contribution in [2.45, 2.75) is 32.6 Å². The van der Waals surface area contributed by atoms with E-state index >= 15 is 0 Å². The van der Waals surface area contributed by atoms with E-state index in [2.05, 4.69) is 40.4 Å². The number of piperidine rings is 1. The van der Waals surface area contributed by atoms with Crippen LogP contribution in [-0.4, -0.2) is 70.3 Å². The predicted molar refractivity (Wildman–Crippen MR) is 160 cm³/mol. The monoisotopic (exact) mass is 586 g/mol. The quantitative estimate of drug-likeness (QED) is 0.255. The molecule has 3 N–H and O–H groups in total. The molecule has 11 heteroatoms. The lowest BCUT2D eigenvalue weighted by Crippen LogP contribution is -2.29. The minimum atomic E-state index is -1.82. The summed E-state index contributed by atoms with van der Waals surface area (Å²) in [5.41, 5.74) is 6.69. The average Bonchev–Trinajstić information content (AvgIpc) is 3.44. The first-order valence-electron chi connectivity index (χ1n) is 13.7. The van der Waals surface area contributed by atoms with Crippen molar-refractivity contribution in [3.8, 4) is 28.3 Å². The molecule has 2 heterocycles. The van der Waals surface area contributed by atoms with Crippen LogP contribution >= 0.6 is 0 Å². The molecule has 1 aromatic heterocycles. The van der Waals surface area contributed by atoms with E-state index in [1.54, 1.807) is 14.0 Å². The number of carbonyl (C=O) groups is 3. The number of rotatable bonds is 6. The highest BCUT2D eigenvalue weighted by Crippen LogP contribution is 2.36. The summed E-state index contributed by atoms with van der Waals surface area (Å²) in [6.07, 6.45) is 2.17. The maximum absolute atomic E-state index is 13.0. The Bertz CT molecular complexity index is 1590. The van der Waals surface area contributed by atoms with Gasteiger partial charge in [0, 0.05) is 23.7 Å². The summed E-state index contributed by atoms with van der Waals surface area (Å²) in [6, 6.07) is 19.7. The molecule has 224 valence electrons. The predicted octanol–water partition coefficient (Wildman–Crippen LogP) is 5.25. The third-order valence-electron chi connectivity index (χ3n) is 7.30. The van der Waals surface area contributed by atoms with Crippen LogP contribution in [0.4, 0.5) is 5.69 Å². The molecule has 5 rings (SSSR count). The van der Waals surface area contributed by atoms with Crippen molar-refractivity contribution >= 4 is 23.5 Å². The Morgan fingerprint density at radius 3 is 2.14 bits per heavy atom. The van der Waals surface area contributed by atoms with E-state index < -0.39 is 11.9 Å². The normalized spacial score (nSPS) is 13.5. The van der Waals surface area contributed by atoms with Gasteiger partial charge in [-0.25, -0.2) is 9.59 Å². The molecule has 11 nitrogen and oxygen atoms in total. The Labute approximate surface area is 249 Å². The molecule has 0 unspecified atom stereocenters. The van der Waals surface area contributed by atoms with E-state index in [4.69, 9.17) is 29.1 Å². The first-order chi connectivity index (χ1) is 20.5. The van der Waals surface area contributed by atoms with Gasteiger partial charge in [0.1, 0.15) is 5.75 Å². The second-order valence-electron chi connectivity index (χ2n) is 10.3. The van der Waals surface area contributed by atoms with Crippen molar-refractivity contribution in [3.05, 3.63) is 83.2 Å². The molecular formula is C32H34N4O7. The first-order valence-corrected chi connectivity index (χ1v) is 13.7. The number of ether oxygens (including phenoxy) is 1. The molecule has 1 aliphatic heterocycles. The summed E-state index contributed by atoms with van der Waals surface area (Å²) in [5, 5.41) is 21.9. The number of nitrogens with one attached hydrogen (secondary N) is 1. The number of carboxylic acids is 2. The van der Waals surface area contributed by atoms with Crippen LogP contribution in [0.2, 0.25) is 0 Å². The number of hydrogen-bond donors (Lipinski definition) is 3. The summed E-state index contributed by atoms with van der Waals surface area (Å²) in [4.78, 5) is 37.9. The minimum absolute atomic E-state index is 0.134. The molecule has 1 aliphatic rings. The van der Waals surface area contributed by atoms with Crippen LogP contribution in [0.3, 0.4) is 0 Å². The van der Waals surface area contributed by atoms with Crippen LogP contribution in [-0.2, 0) is 9.59 Å². The molecule has 0 atom stereocenters. The SMILES string of the molecule is COc1ccc(NC(=O)c2ccc(-c3ccc(-c4noc(C)n4)cc3C)cc2)cc1C1CCN(C)CC1.O=C(O)C(=O)O. The van der Waals surface area contributed by atoms with Crippen molar-refractivity contribution in [3.63, 3.8) is 0 Å². The highest BCUT2D eigenvalue weighted by atomic mass is 16.5. The van der Waals surface area contributed by atoms with E-state index in [0.29, 0.717) is 23.2 Å². The van der Waals surface area contributed by atoms with Crippen LogP contribution in [0.15, 0.2) is 65.2 Å². The Kier molecular flexibility index (Phi) is 9.89. The van der Waals surface area contributed by atoms with Gasteiger partial charge >= 0.3 is 11.9 Å².